The third-order valence-corrected chi connectivity index (χ3v) is 3.95. The van der Waals surface area contributed by atoms with E-state index in [0.29, 0.717) is 34.7 Å². The first-order chi connectivity index (χ1) is 13.5. The lowest BCUT2D eigenvalue weighted by molar-refractivity contribution is 0.0502. The van der Waals surface area contributed by atoms with E-state index < -0.39 is 0 Å². The van der Waals surface area contributed by atoms with Crippen LogP contribution in [0.15, 0.2) is 48.2 Å². The molecule has 0 bridgehead atoms. The Kier molecular flexibility index (Phi) is 7.77. The Morgan fingerprint density at radius 1 is 1.21 bits per heavy atom. The van der Waals surface area contributed by atoms with Gasteiger partial charge in [0.2, 0.25) is 5.78 Å². The molecule has 0 unspecified atom stereocenters. The molecule has 28 heavy (non-hydrogen) atoms. The molecule has 0 aliphatic heterocycles. The monoisotopic (exact) mass is 383 g/mol. The van der Waals surface area contributed by atoms with E-state index in [4.69, 9.17) is 14.2 Å². The number of hydrogen-bond acceptors (Lipinski definition) is 6. The van der Waals surface area contributed by atoms with Crippen molar-refractivity contribution in [2.45, 2.75) is 20.3 Å². The van der Waals surface area contributed by atoms with E-state index >= 15 is 0 Å². The quantitative estimate of drug-likeness (QED) is 0.303. The topological polar surface area (TPSA) is 77.9 Å². The fraction of sp³-hybridized carbons (Fsp3) is 0.273. The lowest BCUT2D eigenvalue weighted by atomic mass is 10.0. The predicted octanol–water partition coefficient (Wildman–Crippen LogP) is 4.18. The first-order valence-electron chi connectivity index (χ1n) is 8.79. The molecule has 0 atom stereocenters. The summed E-state index contributed by atoms with van der Waals surface area (Å²) >= 11 is 0. The van der Waals surface area contributed by atoms with Gasteiger partial charge in [-0.3, -0.25) is 9.78 Å². The van der Waals surface area contributed by atoms with Crippen LogP contribution in [0.25, 0.3) is 6.08 Å². The number of hydrogen-bond donors (Lipinski definition) is 1. The molecule has 0 spiro atoms. The summed E-state index contributed by atoms with van der Waals surface area (Å²) in [7, 11) is 3.01. The van der Waals surface area contributed by atoms with Crippen molar-refractivity contribution in [2.24, 2.45) is 0 Å². The van der Waals surface area contributed by atoms with Gasteiger partial charge in [-0.15, -0.1) is 0 Å². The van der Waals surface area contributed by atoms with E-state index in [1.165, 1.54) is 26.4 Å². The van der Waals surface area contributed by atoms with Gasteiger partial charge in [-0.25, -0.2) is 0 Å². The minimum Gasteiger partial charge on any atom is -0.507 e. The maximum absolute atomic E-state index is 12.3. The first kappa shape index (κ1) is 21.2. The largest absolute Gasteiger partial charge is 0.507 e. The number of phenols is 1. The Bertz CT molecular complexity index is 868. The molecule has 1 N–H and O–H groups in total. The number of allylic oxidation sites excluding steroid dienone is 3. The number of nitrogens with zero attached hydrogens (tertiary/aromatic N) is 1. The summed E-state index contributed by atoms with van der Waals surface area (Å²) in [5.74, 6) is 0.567. The number of methoxy groups -OCH3 is 2. The van der Waals surface area contributed by atoms with E-state index in [1.54, 1.807) is 30.5 Å². The van der Waals surface area contributed by atoms with E-state index in [9.17, 15) is 9.90 Å². The number of ether oxygens (including phenoxy) is 3. The molecule has 1 aromatic carbocycles. The number of benzene rings is 1. The summed E-state index contributed by atoms with van der Waals surface area (Å²) in [4.78, 5) is 16.3. The van der Waals surface area contributed by atoms with E-state index in [-0.39, 0.29) is 18.3 Å². The highest BCUT2D eigenvalue weighted by atomic mass is 16.7. The van der Waals surface area contributed by atoms with Crippen LogP contribution in [0, 0.1) is 0 Å². The number of pyridine rings is 1. The Hall–Kier alpha value is -3.12. The molecule has 2 rings (SSSR count). The summed E-state index contributed by atoms with van der Waals surface area (Å²) in [5.41, 5.74) is 2.41. The number of ketones is 1. The second-order valence-corrected chi connectivity index (χ2v) is 6.27. The standard InChI is InChI=1S/C22H25NO5/c1-15(2)8-9-17-21(28-14-26-3)13-20(27-4)16(22(17)25)10-11-19(24)18-7-5-6-12-23-18/h5-8,10-13,25H,9,14H2,1-4H3. The molecule has 0 radical (unpaired) electrons. The average Bonchev–Trinajstić information content (AvgIpc) is 2.70. The Labute approximate surface area is 165 Å². The van der Waals surface area contributed by atoms with E-state index in [1.807, 2.05) is 19.9 Å². The molecule has 6 heteroatoms. The summed E-state index contributed by atoms with van der Waals surface area (Å²) in [6, 6.07) is 6.79. The van der Waals surface area contributed by atoms with Crippen molar-refractivity contribution in [2.75, 3.05) is 21.0 Å². The van der Waals surface area contributed by atoms with Crippen molar-refractivity contribution in [1.82, 2.24) is 4.98 Å². The maximum Gasteiger partial charge on any atom is 0.204 e. The van der Waals surface area contributed by atoms with Gasteiger partial charge in [0.05, 0.1) is 12.7 Å². The predicted molar refractivity (Wildman–Crippen MR) is 108 cm³/mol. The van der Waals surface area contributed by atoms with Crippen LogP contribution in [-0.2, 0) is 11.2 Å². The van der Waals surface area contributed by atoms with Crippen LogP contribution in [0.1, 0.15) is 35.5 Å². The minimum atomic E-state index is -0.271. The van der Waals surface area contributed by atoms with Gasteiger partial charge in [0.25, 0.3) is 0 Å². The third kappa shape index (κ3) is 5.44. The first-order valence-corrected chi connectivity index (χ1v) is 8.79. The molecule has 0 amide bonds. The van der Waals surface area contributed by atoms with Crippen molar-refractivity contribution < 1.29 is 24.1 Å². The maximum atomic E-state index is 12.3. The Morgan fingerprint density at radius 3 is 2.61 bits per heavy atom. The zero-order valence-corrected chi connectivity index (χ0v) is 16.6. The van der Waals surface area contributed by atoms with Crippen molar-refractivity contribution in [1.29, 1.82) is 0 Å². The van der Waals surface area contributed by atoms with Crippen LogP contribution in [0.4, 0.5) is 0 Å². The third-order valence-electron chi connectivity index (χ3n) is 3.95. The molecular weight excluding hydrogens is 358 g/mol. The van der Waals surface area contributed by atoms with Gasteiger partial charge < -0.3 is 19.3 Å². The molecule has 148 valence electrons. The minimum absolute atomic E-state index is 0.00646. The molecule has 1 heterocycles. The molecule has 0 saturated heterocycles. The zero-order chi connectivity index (χ0) is 20.5. The summed E-state index contributed by atoms with van der Waals surface area (Å²) in [6.07, 6.45) is 6.89. The number of rotatable bonds is 9. The summed E-state index contributed by atoms with van der Waals surface area (Å²) in [6.45, 7) is 3.99. The fourth-order valence-electron chi connectivity index (χ4n) is 2.52. The highest BCUT2D eigenvalue weighted by molar-refractivity contribution is 6.05. The molecular formula is C22H25NO5. The molecule has 0 aliphatic carbocycles. The summed E-state index contributed by atoms with van der Waals surface area (Å²) in [5, 5.41) is 10.9. The Morgan fingerprint density at radius 2 is 2.00 bits per heavy atom. The second kappa shape index (κ2) is 10.3. The number of carbonyl (C=O) groups is 1. The zero-order valence-electron chi connectivity index (χ0n) is 16.6. The van der Waals surface area contributed by atoms with Crippen molar-refractivity contribution >= 4 is 11.9 Å². The molecule has 2 aromatic rings. The van der Waals surface area contributed by atoms with Gasteiger partial charge in [-0.2, -0.15) is 0 Å². The fourth-order valence-corrected chi connectivity index (χ4v) is 2.52. The van der Waals surface area contributed by atoms with Crippen LogP contribution in [0.2, 0.25) is 0 Å². The molecule has 0 saturated carbocycles. The summed E-state index contributed by atoms with van der Waals surface area (Å²) < 4.78 is 16.0. The van der Waals surface area contributed by atoms with E-state index in [0.717, 1.165) is 5.57 Å². The molecule has 0 fully saturated rings. The normalized spacial score (nSPS) is 10.7. The number of aromatic nitrogens is 1. The van der Waals surface area contributed by atoms with E-state index in [2.05, 4.69) is 4.98 Å². The van der Waals surface area contributed by atoms with Gasteiger partial charge in [0.15, 0.2) is 6.79 Å². The molecule has 6 nitrogen and oxygen atoms in total. The van der Waals surface area contributed by atoms with Crippen molar-refractivity contribution in [3.05, 3.63) is 65.0 Å². The Balaban J connectivity index is 2.47. The van der Waals surface area contributed by atoms with Gasteiger partial charge in [0, 0.05) is 24.9 Å². The molecule has 0 aliphatic rings. The highest BCUT2D eigenvalue weighted by Crippen LogP contribution is 2.40. The lowest BCUT2D eigenvalue weighted by Gasteiger charge is -2.16. The lowest BCUT2D eigenvalue weighted by Crippen LogP contribution is -2.04. The van der Waals surface area contributed by atoms with Crippen LogP contribution in [0.3, 0.4) is 0 Å². The van der Waals surface area contributed by atoms with Gasteiger partial charge in [-0.1, -0.05) is 17.7 Å². The SMILES string of the molecule is COCOc1cc(OC)c(C=CC(=O)c2ccccn2)c(O)c1CC=C(C)C. The van der Waals surface area contributed by atoms with Crippen LogP contribution < -0.4 is 9.47 Å². The molecule has 1 aromatic heterocycles. The number of aromatic hydroxyl groups is 1. The second-order valence-electron chi connectivity index (χ2n) is 6.27. The average molecular weight is 383 g/mol. The van der Waals surface area contributed by atoms with Gasteiger partial charge in [0.1, 0.15) is 22.9 Å². The number of carbonyl (C=O) groups excluding carboxylic acids is 1. The van der Waals surface area contributed by atoms with Gasteiger partial charge >= 0.3 is 0 Å². The van der Waals surface area contributed by atoms with Crippen LogP contribution >= 0.6 is 0 Å². The van der Waals surface area contributed by atoms with Crippen molar-refractivity contribution in [3.8, 4) is 17.2 Å². The smallest absolute Gasteiger partial charge is 0.204 e. The number of phenolic OH excluding ortho intramolecular Hbond substituents is 1. The van der Waals surface area contributed by atoms with Crippen LogP contribution in [-0.4, -0.2) is 36.9 Å². The highest BCUT2D eigenvalue weighted by Gasteiger charge is 2.18. The van der Waals surface area contributed by atoms with Crippen molar-refractivity contribution in [3.63, 3.8) is 0 Å². The van der Waals surface area contributed by atoms with Gasteiger partial charge in [-0.05, 0) is 44.6 Å². The van der Waals surface area contributed by atoms with Crippen LogP contribution in [0.5, 0.6) is 17.2 Å².